The average molecular weight is 230 g/mol. The first kappa shape index (κ1) is 10.9. The Morgan fingerprint density at radius 2 is 1.93 bits per heavy atom. The van der Waals surface area contributed by atoms with Crippen LogP contribution in [0.15, 0.2) is 0 Å². The van der Waals surface area contributed by atoms with Gasteiger partial charge in [0.1, 0.15) is 0 Å². The molecule has 0 aliphatic heterocycles. The van der Waals surface area contributed by atoms with Gasteiger partial charge in [-0.1, -0.05) is 6.42 Å². The minimum absolute atomic E-state index is 0.0885. The van der Waals surface area contributed by atoms with Gasteiger partial charge in [-0.25, -0.2) is 4.98 Å². The third kappa shape index (κ3) is 2.00. The van der Waals surface area contributed by atoms with Crippen molar-refractivity contribution >= 4 is 13.2 Å². The molecule has 0 fully saturated rings. The number of hydrogen-bond acceptors (Lipinski definition) is 2. The number of aromatic nitrogens is 2. The Bertz CT molecular complexity index is 421. The maximum atomic E-state index is 11.2. The molecule has 1 aromatic heterocycles. The summed E-state index contributed by atoms with van der Waals surface area (Å²) < 4.78 is 12.7. The average Bonchev–Trinajstić information content (AvgIpc) is 2.36. The van der Waals surface area contributed by atoms with Crippen LogP contribution < -0.4 is 5.57 Å². The van der Waals surface area contributed by atoms with Crippen molar-refractivity contribution in [1.29, 1.82) is 0 Å². The second-order valence-corrected chi connectivity index (χ2v) is 5.46. The molecule has 6 heteroatoms. The molecule has 0 bridgehead atoms. The zero-order valence-electron chi connectivity index (χ0n) is 8.68. The summed E-state index contributed by atoms with van der Waals surface area (Å²) in [4.78, 5) is 22.3. The molecule has 0 spiro atoms. The van der Waals surface area contributed by atoms with Gasteiger partial charge < -0.3 is 14.4 Å². The Morgan fingerprint density at radius 1 is 1.27 bits per heavy atom. The molecule has 5 nitrogen and oxygen atoms in total. The molecule has 1 aliphatic carbocycles. The number of rotatable bonds is 1. The first-order chi connectivity index (χ1) is 7.00. The van der Waals surface area contributed by atoms with Crippen LogP contribution in [0.25, 0.3) is 0 Å². The van der Waals surface area contributed by atoms with Crippen molar-refractivity contribution < 1.29 is 14.4 Å². The van der Waals surface area contributed by atoms with E-state index in [1.807, 2.05) is 0 Å². The molecule has 1 aromatic rings. The first-order valence-corrected chi connectivity index (χ1v) is 6.72. The number of nitrogens with zero attached hydrogens (tertiary/aromatic N) is 2. The van der Waals surface area contributed by atoms with E-state index in [-0.39, 0.29) is 5.57 Å². The summed E-state index contributed by atoms with van der Waals surface area (Å²) in [6, 6.07) is 0. The Morgan fingerprint density at radius 3 is 2.60 bits per heavy atom. The van der Waals surface area contributed by atoms with Crippen molar-refractivity contribution in [1.82, 2.24) is 9.55 Å². The summed E-state index contributed by atoms with van der Waals surface area (Å²) in [5.74, 6) is 0. The highest BCUT2D eigenvalue weighted by Crippen LogP contribution is 2.34. The third-order valence-corrected chi connectivity index (χ3v) is 3.78. The molecule has 0 saturated heterocycles. The molecule has 1 aliphatic rings. The van der Waals surface area contributed by atoms with Crippen LogP contribution in [0, 0.1) is 0 Å². The molecule has 0 radical (unpaired) electrons. The number of aryl methyl sites for hydroxylation is 1. The van der Waals surface area contributed by atoms with Gasteiger partial charge >= 0.3 is 7.60 Å². The predicted octanol–water partition coefficient (Wildman–Crippen LogP) is 0.492. The Kier molecular flexibility index (Phi) is 2.71. The van der Waals surface area contributed by atoms with E-state index in [0.717, 1.165) is 37.1 Å². The monoisotopic (exact) mass is 230 g/mol. The highest BCUT2D eigenvalue weighted by atomic mass is 31.2. The second kappa shape index (κ2) is 3.74. The number of fused-ring (bicyclic) bond motifs is 1. The fourth-order valence-electron chi connectivity index (χ4n) is 2.11. The van der Waals surface area contributed by atoms with E-state index in [9.17, 15) is 4.57 Å². The summed E-state index contributed by atoms with van der Waals surface area (Å²) >= 11 is 0. The van der Waals surface area contributed by atoms with Gasteiger partial charge in [-0.05, 0) is 25.7 Å². The van der Waals surface area contributed by atoms with Gasteiger partial charge in [0.15, 0.2) is 0 Å². The van der Waals surface area contributed by atoms with Gasteiger partial charge in [0, 0.05) is 12.7 Å². The summed E-state index contributed by atoms with van der Waals surface area (Å²) in [6.45, 7) is 0. The minimum atomic E-state index is -4.22. The van der Waals surface area contributed by atoms with Crippen LogP contribution in [-0.4, -0.2) is 19.3 Å². The Balaban J connectivity index is 2.49. The fourth-order valence-corrected chi connectivity index (χ4v) is 2.87. The van der Waals surface area contributed by atoms with Crippen molar-refractivity contribution in [3.05, 3.63) is 11.4 Å². The SMILES string of the molecule is Cn1c(P(=O)(O)O)nc2c1CCCCC2. The third-order valence-electron chi connectivity index (χ3n) is 2.86. The second-order valence-electron chi connectivity index (χ2n) is 3.97. The zero-order chi connectivity index (χ0) is 11.1. The van der Waals surface area contributed by atoms with Gasteiger partial charge in [0.05, 0.1) is 5.69 Å². The molecular formula is C9H15N2O3P. The summed E-state index contributed by atoms with van der Waals surface area (Å²) in [5.41, 5.74) is 1.77. The van der Waals surface area contributed by atoms with E-state index in [4.69, 9.17) is 9.79 Å². The van der Waals surface area contributed by atoms with Crippen LogP contribution >= 0.6 is 7.60 Å². The maximum Gasteiger partial charge on any atom is 0.391 e. The van der Waals surface area contributed by atoms with Crippen molar-refractivity contribution in [2.24, 2.45) is 7.05 Å². The van der Waals surface area contributed by atoms with Crippen LogP contribution in [0.4, 0.5) is 0 Å². The van der Waals surface area contributed by atoms with Crippen molar-refractivity contribution in [2.45, 2.75) is 32.1 Å². The van der Waals surface area contributed by atoms with Gasteiger partial charge in [-0.15, -0.1) is 0 Å². The highest BCUT2D eigenvalue weighted by molar-refractivity contribution is 7.59. The molecule has 0 amide bonds. The van der Waals surface area contributed by atoms with E-state index < -0.39 is 7.60 Å². The minimum Gasteiger partial charge on any atom is -0.325 e. The molecule has 2 rings (SSSR count). The number of imidazole rings is 1. The van der Waals surface area contributed by atoms with Crippen LogP contribution in [0.2, 0.25) is 0 Å². The van der Waals surface area contributed by atoms with Crippen molar-refractivity contribution in [2.75, 3.05) is 0 Å². The maximum absolute atomic E-state index is 11.2. The van der Waals surface area contributed by atoms with E-state index >= 15 is 0 Å². The molecule has 0 saturated carbocycles. The topological polar surface area (TPSA) is 75.4 Å². The smallest absolute Gasteiger partial charge is 0.325 e. The first-order valence-electron chi connectivity index (χ1n) is 5.10. The van der Waals surface area contributed by atoms with E-state index in [2.05, 4.69) is 4.98 Å². The quantitative estimate of drug-likeness (QED) is 0.544. The lowest BCUT2D eigenvalue weighted by Gasteiger charge is -2.05. The molecule has 2 N–H and O–H groups in total. The molecule has 0 aromatic carbocycles. The van der Waals surface area contributed by atoms with Gasteiger partial charge in [0.25, 0.3) is 0 Å². The van der Waals surface area contributed by atoms with E-state index in [1.54, 1.807) is 11.6 Å². The van der Waals surface area contributed by atoms with Crippen molar-refractivity contribution in [3.63, 3.8) is 0 Å². The van der Waals surface area contributed by atoms with Gasteiger partial charge in [-0.3, -0.25) is 4.57 Å². The predicted molar refractivity (Wildman–Crippen MR) is 56.1 cm³/mol. The van der Waals surface area contributed by atoms with E-state index in [1.165, 1.54) is 6.42 Å². The summed E-state index contributed by atoms with van der Waals surface area (Å²) in [6.07, 6.45) is 5.02. The largest absolute Gasteiger partial charge is 0.391 e. The van der Waals surface area contributed by atoms with Gasteiger partial charge in [0.2, 0.25) is 5.57 Å². The molecule has 1 heterocycles. The van der Waals surface area contributed by atoms with Crippen LogP contribution in [-0.2, 0) is 24.5 Å². The normalized spacial score (nSPS) is 17.3. The fraction of sp³-hybridized carbons (Fsp3) is 0.667. The zero-order valence-corrected chi connectivity index (χ0v) is 9.57. The number of hydrogen-bond donors (Lipinski definition) is 2. The molecule has 15 heavy (non-hydrogen) atoms. The molecular weight excluding hydrogens is 215 g/mol. The molecule has 0 unspecified atom stereocenters. The Hall–Kier alpha value is -0.640. The van der Waals surface area contributed by atoms with Crippen LogP contribution in [0.5, 0.6) is 0 Å². The lowest BCUT2D eigenvalue weighted by Crippen LogP contribution is -2.18. The van der Waals surface area contributed by atoms with Crippen LogP contribution in [0.3, 0.4) is 0 Å². The Labute approximate surface area is 88.3 Å². The lowest BCUT2D eigenvalue weighted by atomic mass is 10.2. The lowest BCUT2D eigenvalue weighted by molar-refractivity contribution is 0.383. The standard InChI is InChI=1S/C9H15N2O3P/c1-11-8-6-4-2-3-5-7(8)10-9(11)15(12,13)14/h2-6H2,1H3,(H2,12,13,14). The molecule has 84 valence electrons. The summed E-state index contributed by atoms with van der Waals surface area (Å²) in [5, 5.41) is 0. The highest BCUT2D eigenvalue weighted by Gasteiger charge is 2.27. The van der Waals surface area contributed by atoms with Gasteiger partial charge in [-0.2, -0.15) is 0 Å². The molecule has 0 atom stereocenters. The van der Waals surface area contributed by atoms with E-state index in [0.29, 0.717) is 0 Å². The van der Waals surface area contributed by atoms with Crippen LogP contribution in [0.1, 0.15) is 30.7 Å². The summed E-state index contributed by atoms with van der Waals surface area (Å²) in [7, 11) is -2.54. The van der Waals surface area contributed by atoms with Crippen molar-refractivity contribution in [3.8, 4) is 0 Å².